The number of hydrogen-bond acceptors (Lipinski definition) is 6. The number of anilines is 2. The summed E-state index contributed by atoms with van der Waals surface area (Å²) in [6, 6.07) is 23.6. The van der Waals surface area contributed by atoms with Crippen molar-refractivity contribution in [2.24, 2.45) is 0 Å². The van der Waals surface area contributed by atoms with Crippen molar-refractivity contribution in [2.45, 2.75) is 0 Å². The molecule has 0 saturated carbocycles. The number of nitrogens with one attached hydrogen (secondary N) is 1. The molecule has 0 aliphatic heterocycles. The van der Waals surface area contributed by atoms with Crippen LogP contribution in [0.5, 0.6) is 11.6 Å². The molecule has 0 bridgehead atoms. The Hall–Kier alpha value is -4.13. The summed E-state index contributed by atoms with van der Waals surface area (Å²) in [4.78, 5) is 8.49. The van der Waals surface area contributed by atoms with Crippen LogP contribution >= 0.6 is 11.6 Å². The Bertz CT molecular complexity index is 1290. The first-order chi connectivity index (χ1) is 14.1. The summed E-state index contributed by atoms with van der Waals surface area (Å²) in [7, 11) is 0. The molecule has 138 valence electrons. The molecule has 0 aliphatic rings. The van der Waals surface area contributed by atoms with Crippen LogP contribution in [0.3, 0.4) is 0 Å². The Labute approximate surface area is 171 Å². The van der Waals surface area contributed by atoms with E-state index in [1.165, 1.54) is 6.07 Å². The van der Waals surface area contributed by atoms with Crippen molar-refractivity contribution < 1.29 is 4.74 Å². The quantitative estimate of drug-likeness (QED) is 0.453. The van der Waals surface area contributed by atoms with E-state index in [0.29, 0.717) is 16.9 Å². The third-order valence-electron chi connectivity index (χ3n) is 4.10. The van der Waals surface area contributed by atoms with Crippen molar-refractivity contribution in [3.63, 3.8) is 0 Å². The zero-order valence-electron chi connectivity index (χ0n) is 14.9. The number of nitriles is 2. The van der Waals surface area contributed by atoms with Gasteiger partial charge in [0.15, 0.2) is 0 Å². The molecule has 29 heavy (non-hydrogen) atoms. The third-order valence-corrected chi connectivity index (χ3v) is 4.30. The Morgan fingerprint density at radius 2 is 1.48 bits per heavy atom. The van der Waals surface area contributed by atoms with Gasteiger partial charge in [0.05, 0.1) is 23.3 Å². The summed E-state index contributed by atoms with van der Waals surface area (Å²) in [5.74, 6) is 1.15. The van der Waals surface area contributed by atoms with E-state index in [1.54, 1.807) is 36.4 Å². The largest absolute Gasteiger partial charge is 0.439 e. The molecule has 0 fully saturated rings. The third kappa shape index (κ3) is 4.24. The predicted molar refractivity (Wildman–Crippen MR) is 110 cm³/mol. The van der Waals surface area contributed by atoms with Crippen molar-refractivity contribution in [1.29, 1.82) is 10.5 Å². The minimum absolute atomic E-state index is 0.227. The Kier molecular flexibility index (Phi) is 4.94. The van der Waals surface area contributed by atoms with Crippen molar-refractivity contribution in [3.05, 3.63) is 83.0 Å². The molecule has 0 aliphatic carbocycles. The molecule has 6 nitrogen and oxygen atoms in total. The highest BCUT2D eigenvalue weighted by Crippen LogP contribution is 2.27. The molecule has 4 rings (SSSR count). The predicted octanol–water partition coefficient (Wildman–Crippen LogP) is 5.56. The highest BCUT2D eigenvalue weighted by molar-refractivity contribution is 6.29. The van der Waals surface area contributed by atoms with Gasteiger partial charge in [0.2, 0.25) is 11.8 Å². The number of benzene rings is 3. The van der Waals surface area contributed by atoms with Gasteiger partial charge in [0.1, 0.15) is 10.9 Å². The van der Waals surface area contributed by atoms with Gasteiger partial charge in [-0.05, 0) is 59.3 Å². The number of ether oxygens (including phenoxy) is 1. The molecule has 0 amide bonds. The maximum Gasteiger partial charge on any atom is 0.231 e. The first-order valence-electron chi connectivity index (χ1n) is 8.56. The van der Waals surface area contributed by atoms with E-state index in [2.05, 4.69) is 27.4 Å². The Balaban J connectivity index is 1.58. The number of halogens is 1. The van der Waals surface area contributed by atoms with Crippen LogP contribution in [0.2, 0.25) is 5.15 Å². The molecule has 1 aromatic heterocycles. The summed E-state index contributed by atoms with van der Waals surface area (Å²) in [5.41, 5.74) is 1.88. The van der Waals surface area contributed by atoms with Crippen LogP contribution in [0.4, 0.5) is 11.6 Å². The van der Waals surface area contributed by atoms with Crippen LogP contribution in [0, 0.1) is 22.7 Å². The van der Waals surface area contributed by atoms with Gasteiger partial charge in [0, 0.05) is 11.8 Å². The first kappa shape index (κ1) is 18.2. The van der Waals surface area contributed by atoms with Crippen molar-refractivity contribution in [3.8, 4) is 23.8 Å². The van der Waals surface area contributed by atoms with Crippen molar-refractivity contribution in [1.82, 2.24) is 9.97 Å². The fourth-order valence-electron chi connectivity index (χ4n) is 2.74. The molecule has 0 spiro atoms. The fraction of sp³-hybridized carbons (Fsp3) is 0. The normalized spacial score (nSPS) is 10.2. The van der Waals surface area contributed by atoms with Crippen LogP contribution in [-0.4, -0.2) is 9.97 Å². The van der Waals surface area contributed by atoms with Gasteiger partial charge in [-0.2, -0.15) is 15.5 Å². The maximum atomic E-state index is 9.01. The summed E-state index contributed by atoms with van der Waals surface area (Å²) < 4.78 is 5.86. The highest BCUT2D eigenvalue weighted by atomic mass is 35.5. The lowest BCUT2D eigenvalue weighted by Crippen LogP contribution is -1.99. The summed E-state index contributed by atoms with van der Waals surface area (Å²) in [6.07, 6.45) is 0. The molecular weight excluding hydrogens is 386 g/mol. The number of fused-ring (bicyclic) bond motifs is 1. The average Bonchev–Trinajstić information content (AvgIpc) is 2.73. The van der Waals surface area contributed by atoms with Gasteiger partial charge in [-0.25, -0.2) is 4.98 Å². The number of rotatable bonds is 4. The van der Waals surface area contributed by atoms with E-state index in [4.69, 9.17) is 26.9 Å². The molecule has 1 N–H and O–H groups in total. The molecule has 3 aromatic carbocycles. The second kappa shape index (κ2) is 7.85. The van der Waals surface area contributed by atoms with E-state index in [1.807, 2.05) is 24.3 Å². The van der Waals surface area contributed by atoms with Crippen molar-refractivity contribution >= 4 is 34.0 Å². The summed E-state index contributed by atoms with van der Waals surface area (Å²) in [5, 5.41) is 23.0. The number of hydrogen-bond donors (Lipinski definition) is 1. The molecule has 7 heteroatoms. The minimum Gasteiger partial charge on any atom is -0.439 e. The van der Waals surface area contributed by atoms with Crippen LogP contribution in [0.25, 0.3) is 10.8 Å². The van der Waals surface area contributed by atoms with E-state index in [-0.39, 0.29) is 17.0 Å². The molecule has 0 atom stereocenters. The zero-order chi connectivity index (χ0) is 20.2. The number of nitrogens with zero attached hydrogens (tertiary/aromatic N) is 4. The second-order valence-corrected chi connectivity index (χ2v) is 6.49. The first-order valence-corrected chi connectivity index (χ1v) is 8.94. The van der Waals surface area contributed by atoms with Gasteiger partial charge in [0.25, 0.3) is 0 Å². The maximum absolute atomic E-state index is 9.01. The minimum atomic E-state index is 0.227. The standard InChI is InChI=1S/C22H12ClN5O/c23-20-11-21(28-22(27-20)26-18-6-2-14(12-24)3-7-18)29-19-8-5-16-9-15(13-25)1-4-17(16)10-19/h1-11H,(H,26,27,28). The van der Waals surface area contributed by atoms with E-state index < -0.39 is 0 Å². The lowest BCUT2D eigenvalue weighted by atomic mass is 10.1. The topological polar surface area (TPSA) is 94.6 Å². The van der Waals surface area contributed by atoms with Crippen LogP contribution in [0.15, 0.2) is 66.7 Å². The van der Waals surface area contributed by atoms with Gasteiger partial charge >= 0.3 is 0 Å². The second-order valence-electron chi connectivity index (χ2n) is 6.10. The van der Waals surface area contributed by atoms with E-state index in [9.17, 15) is 0 Å². The van der Waals surface area contributed by atoms with Gasteiger partial charge < -0.3 is 10.1 Å². The lowest BCUT2D eigenvalue weighted by Gasteiger charge is -2.09. The highest BCUT2D eigenvalue weighted by Gasteiger charge is 2.07. The summed E-state index contributed by atoms with van der Waals surface area (Å²) >= 11 is 6.11. The van der Waals surface area contributed by atoms with E-state index >= 15 is 0 Å². The molecule has 1 heterocycles. The SMILES string of the molecule is N#Cc1ccc(Nc2nc(Cl)cc(Oc3ccc4cc(C#N)ccc4c3)n2)cc1. The Morgan fingerprint density at radius 1 is 0.793 bits per heavy atom. The molecular formula is C22H12ClN5O. The number of aromatic nitrogens is 2. The zero-order valence-corrected chi connectivity index (χ0v) is 15.7. The molecule has 0 radical (unpaired) electrons. The van der Waals surface area contributed by atoms with Gasteiger partial charge in [-0.3, -0.25) is 0 Å². The molecule has 0 saturated heterocycles. The lowest BCUT2D eigenvalue weighted by molar-refractivity contribution is 0.463. The average molecular weight is 398 g/mol. The van der Waals surface area contributed by atoms with Crippen LogP contribution in [0.1, 0.15) is 11.1 Å². The molecule has 4 aromatic rings. The van der Waals surface area contributed by atoms with Gasteiger partial charge in [-0.1, -0.05) is 23.7 Å². The monoisotopic (exact) mass is 397 g/mol. The van der Waals surface area contributed by atoms with Crippen LogP contribution < -0.4 is 10.1 Å². The summed E-state index contributed by atoms with van der Waals surface area (Å²) in [6.45, 7) is 0. The van der Waals surface area contributed by atoms with Crippen LogP contribution in [-0.2, 0) is 0 Å². The Morgan fingerprint density at radius 3 is 2.24 bits per heavy atom. The smallest absolute Gasteiger partial charge is 0.231 e. The molecule has 0 unspecified atom stereocenters. The fourth-order valence-corrected chi connectivity index (χ4v) is 2.91. The van der Waals surface area contributed by atoms with Crippen molar-refractivity contribution in [2.75, 3.05) is 5.32 Å². The van der Waals surface area contributed by atoms with E-state index in [0.717, 1.165) is 16.5 Å². The van der Waals surface area contributed by atoms with Gasteiger partial charge in [-0.15, -0.1) is 0 Å².